The molecule has 1 aliphatic heterocycles. The number of amides is 1. The van der Waals surface area contributed by atoms with Crippen LogP contribution in [0.5, 0.6) is 11.5 Å². The third kappa shape index (κ3) is 4.91. The zero-order valence-corrected chi connectivity index (χ0v) is 22.7. The number of methoxy groups -OCH3 is 1. The lowest BCUT2D eigenvalue weighted by molar-refractivity contribution is -0.117. The fourth-order valence-corrected chi connectivity index (χ4v) is 6.12. The number of aromatic nitrogens is 2. The number of hydrogen-bond acceptors (Lipinski definition) is 6. The van der Waals surface area contributed by atoms with Crippen LogP contribution in [0.2, 0.25) is 0 Å². The van der Waals surface area contributed by atoms with Crippen molar-refractivity contribution in [2.24, 2.45) is 0 Å². The summed E-state index contributed by atoms with van der Waals surface area (Å²) in [6.45, 7) is 1.18. The largest absolute Gasteiger partial charge is 0.495 e. The first-order valence-electron chi connectivity index (χ1n) is 13.0. The number of fused-ring (bicyclic) bond motifs is 1. The minimum atomic E-state index is -4.26. The van der Waals surface area contributed by atoms with Gasteiger partial charge in [-0.3, -0.25) is 4.79 Å². The van der Waals surface area contributed by atoms with Crippen molar-refractivity contribution >= 4 is 32.7 Å². The van der Waals surface area contributed by atoms with Crippen molar-refractivity contribution in [2.45, 2.75) is 24.3 Å². The van der Waals surface area contributed by atoms with Gasteiger partial charge in [-0.25, -0.2) is 4.98 Å². The molecule has 0 spiro atoms. The molecule has 1 aromatic heterocycles. The molecule has 0 saturated carbocycles. The van der Waals surface area contributed by atoms with Crippen LogP contribution in [0.1, 0.15) is 18.4 Å². The number of para-hydroxylation sites is 2. The first-order valence-corrected chi connectivity index (χ1v) is 14.4. The monoisotopic (exact) mass is 553 g/mol. The van der Waals surface area contributed by atoms with Gasteiger partial charge in [0.25, 0.3) is 0 Å². The summed E-state index contributed by atoms with van der Waals surface area (Å²) in [5, 5.41) is 0. The molecule has 2 heterocycles. The summed E-state index contributed by atoms with van der Waals surface area (Å²) in [5.74, 6) is 1.02. The van der Waals surface area contributed by atoms with Gasteiger partial charge in [0.2, 0.25) is 5.91 Å². The van der Waals surface area contributed by atoms with Crippen molar-refractivity contribution < 1.29 is 22.1 Å². The molecule has 0 bridgehead atoms. The normalized spacial score (nSPS) is 13.6. The van der Waals surface area contributed by atoms with Crippen LogP contribution >= 0.6 is 0 Å². The molecule has 9 heteroatoms. The van der Waals surface area contributed by atoms with E-state index in [0.29, 0.717) is 25.2 Å². The zero-order valence-electron chi connectivity index (χ0n) is 21.9. The molecule has 1 saturated heterocycles. The van der Waals surface area contributed by atoms with E-state index in [0.717, 1.165) is 34.4 Å². The molecule has 1 fully saturated rings. The van der Waals surface area contributed by atoms with Crippen LogP contribution < -0.4 is 13.8 Å². The summed E-state index contributed by atoms with van der Waals surface area (Å²) in [4.78, 5) is 18.5. The van der Waals surface area contributed by atoms with Crippen LogP contribution in [0, 0.1) is 0 Å². The lowest BCUT2D eigenvalue weighted by Crippen LogP contribution is -2.24. The van der Waals surface area contributed by atoms with E-state index in [-0.39, 0.29) is 22.3 Å². The zero-order chi connectivity index (χ0) is 27.7. The number of ether oxygens (including phenoxy) is 1. The molecule has 0 aliphatic carbocycles. The van der Waals surface area contributed by atoms with Gasteiger partial charge in [-0.05, 0) is 66.6 Å². The number of benzene rings is 4. The highest BCUT2D eigenvalue weighted by Gasteiger charge is 2.27. The minimum absolute atomic E-state index is 0.0386. The topological polar surface area (TPSA) is 90.7 Å². The van der Waals surface area contributed by atoms with Gasteiger partial charge < -0.3 is 18.4 Å². The van der Waals surface area contributed by atoms with E-state index >= 15 is 0 Å². The SMILES string of the molecule is COc1ccc(N2CCCC2=O)cc1S(=O)(=O)Oc1ccc(-c2nc3ccccc3n2Cc2ccccc2)cc1. The highest BCUT2D eigenvalue weighted by molar-refractivity contribution is 7.87. The van der Waals surface area contributed by atoms with Crippen LogP contribution in [0.4, 0.5) is 5.69 Å². The van der Waals surface area contributed by atoms with Gasteiger partial charge in [0.05, 0.1) is 18.1 Å². The van der Waals surface area contributed by atoms with Crippen molar-refractivity contribution in [3.05, 3.63) is 103 Å². The molecule has 1 aliphatic rings. The van der Waals surface area contributed by atoms with Gasteiger partial charge in [0, 0.05) is 30.8 Å². The number of rotatable bonds is 8. The fraction of sp³-hybridized carbons (Fsp3) is 0.161. The van der Waals surface area contributed by atoms with Gasteiger partial charge in [0.15, 0.2) is 0 Å². The Hall–Kier alpha value is -4.63. The minimum Gasteiger partial charge on any atom is -0.495 e. The van der Waals surface area contributed by atoms with Gasteiger partial charge in [-0.2, -0.15) is 8.42 Å². The molecule has 40 heavy (non-hydrogen) atoms. The smallest absolute Gasteiger partial charge is 0.343 e. The Morgan fingerprint density at radius 3 is 2.38 bits per heavy atom. The summed E-state index contributed by atoms with van der Waals surface area (Å²) < 4.78 is 39.6. The maximum Gasteiger partial charge on any atom is 0.343 e. The number of carbonyl (C=O) groups excluding carboxylic acids is 1. The standard InChI is InChI=1S/C31H27N3O5S/c1-38-28-18-15-24(33-19-7-12-30(33)35)20-29(28)40(36,37)39-25-16-13-23(14-17-25)31-32-26-10-5-6-11-27(26)34(31)21-22-8-3-2-4-9-22/h2-6,8-11,13-18,20H,7,12,19,21H2,1H3. The van der Waals surface area contributed by atoms with Crippen molar-refractivity contribution in [2.75, 3.05) is 18.6 Å². The summed E-state index contributed by atoms with van der Waals surface area (Å²) in [7, 11) is -2.86. The molecule has 8 nitrogen and oxygen atoms in total. The van der Waals surface area contributed by atoms with Crippen molar-refractivity contribution in [3.8, 4) is 22.9 Å². The van der Waals surface area contributed by atoms with Crippen LogP contribution in [-0.2, 0) is 21.5 Å². The van der Waals surface area contributed by atoms with E-state index < -0.39 is 10.1 Å². The van der Waals surface area contributed by atoms with Crippen molar-refractivity contribution in [1.29, 1.82) is 0 Å². The van der Waals surface area contributed by atoms with Gasteiger partial charge in [-0.1, -0.05) is 42.5 Å². The Labute approximate surface area is 232 Å². The average molecular weight is 554 g/mol. The molecule has 202 valence electrons. The number of imidazole rings is 1. The van der Waals surface area contributed by atoms with E-state index in [2.05, 4.69) is 16.7 Å². The maximum absolute atomic E-state index is 13.3. The van der Waals surface area contributed by atoms with E-state index in [1.807, 2.05) is 42.5 Å². The molecule has 5 aromatic rings. The molecular weight excluding hydrogens is 526 g/mol. The average Bonchev–Trinajstić information content (AvgIpc) is 3.57. The second-order valence-corrected chi connectivity index (χ2v) is 11.1. The molecule has 0 N–H and O–H groups in total. The predicted molar refractivity (Wildman–Crippen MR) is 153 cm³/mol. The van der Waals surface area contributed by atoms with E-state index in [9.17, 15) is 13.2 Å². The predicted octanol–water partition coefficient (Wildman–Crippen LogP) is 5.65. The first-order chi connectivity index (χ1) is 19.4. The van der Waals surface area contributed by atoms with E-state index in [4.69, 9.17) is 13.9 Å². The Morgan fingerprint density at radius 1 is 0.900 bits per heavy atom. The Kier molecular flexibility index (Phi) is 6.73. The lowest BCUT2D eigenvalue weighted by Gasteiger charge is -2.18. The quantitative estimate of drug-likeness (QED) is 0.231. The number of nitrogens with zero attached hydrogens (tertiary/aromatic N) is 3. The van der Waals surface area contributed by atoms with Gasteiger partial charge in [0.1, 0.15) is 22.2 Å². The van der Waals surface area contributed by atoms with Gasteiger partial charge >= 0.3 is 10.1 Å². The van der Waals surface area contributed by atoms with Crippen molar-refractivity contribution in [3.63, 3.8) is 0 Å². The third-order valence-electron chi connectivity index (χ3n) is 6.96. The summed E-state index contributed by atoms with van der Waals surface area (Å²) in [5.41, 5.74) is 4.35. The van der Waals surface area contributed by atoms with E-state index in [1.165, 1.54) is 19.2 Å². The van der Waals surface area contributed by atoms with Crippen LogP contribution in [0.3, 0.4) is 0 Å². The fourth-order valence-electron chi connectivity index (χ4n) is 5.00. The molecule has 1 amide bonds. The first kappa shape index (κ1) is 25.6. The third-order valence-corrected chi connectivity index (χ3v) is 8.23. The molecule has 4 aromatic carbocycles. The second-order valence-electron chi connectivity index (χ2n) is 9.54. The Bertz CT molecular complexity index is 1800. The summed E-state index contributed by atoms with van der Waals surface area (Å²) >= 11 is 0. The molecule has 0 unspecified atom stereocenters. The van der Waals surface area contributed by atoms with Crippen molar-refractivity contribution in [1.82, 2.24) is 9.55 Å². The van der Waals surface area contributed by atoms with Gasteiger partial charge in [-0.15, -0.1) is 0 Å². The second kappa shape index (κ2) is 10.5. The molecule has 0 radical (unpaired) electrons. The molecule has 0 atom stereocenters. The van der Waals surface area contributed by atoms with Crippen LogP contribution in [0.15, 0.2) is 102 Å². The lowest BCUT2D eigenvalue weighted by atomic mass is 10.2. The number of hydrogen-bond donors (Lipinski definition) is 0. The highest BCUT2D eigenvalue weighted by atomic mass is 32.2. The number of carbonyl (C=O) groups is 1. The Morgan fingerprint density at radius 2 is 1.65 bits per heavy atom. The summed E-state index contributed by atoms with van der Waals surface area (Å²) in [6, 6.07) is 29.6. The van der Waals surface area contributed by atoms with Crippen LogP contribution in [0.25, 0.3) is 22.4 Å². The highest BCUT2D eigenvalue weighted by Crippen LogP contribution is 2.33. The van der Waals surface area contributed by atoms with E-state index in [1.54, 1.807) is 35.2 Å². The number of anilines is 1. The molecular formula is C31H27N3O5S. The molecule has 6 rings (SSSR count). The Balaban J connectivity index is 1.30. The summed E-state index contributed by atoms with van der Waals surface area (Å²) in [6.07, 6.45) is 1.17. The maximum atomic E-state index is 13.3. The van der Waals surface area contributed by atoms with Crippen LogP contribution in [-0.4, -0.2) is 37.5 Å².